The van der Waals surface area contributed by atoms with Crippen LogP contribution >= 0.6 is 0 Å². The van der Waals surface area contributed by atoms with Gasteiger partial charge in [-0.2, -0.15) is 13.2 Å². The van der Waals surface area contributed by atoms with Crippen molar-refractivity contribution in [2.45, 2.75) is 25.9 Å². The van der Waals surface area contributed by atoms with Crippen LogP contribution in [-0.4, -0.2) is 29.1 Å². The van der Waals surface area contributed by atoms with Gasteiger partial charge in [0.2, 0.25) is 0 Å². The normalized spacial score (nSPS) is 17.6. The summed E-state index contributed by atoms with van der Waals surface area (Å²) in [7, 11) is 0. The summed E-state index contributed by atoms with van der Waals surface area (Å²) in [6.45, 7) is 2.80. The summed E-state index contributed by atoms with van der Waals surface area (Å²) in [6.07, 6.45) is -3.05. The second-order valence-electron chi connectivity index (χ2n) is 4.65. The van der Waals surface area contributed by atoms with E-state index in [9.17, 15) is 18.0 Å². The molecule has 2 heterocycles. The van der Waals surface area contributed by atoms with E-state index in [1.807, 2.05) is 4.90 Å². The van der Waals surface area contributed by atoms with Gasteiger partial charge in [0.25, 0.3) is 0 Å². The Morgan fingerprint density at radius 3 is 2.32 bits per heavy atom. The van der Waals surface area contributed by atoms with E-state index in [1.54, 1.807) is 6.92 Å². The minimum atomic E-state index is -4.47. The number of ketones is 1. The van der Waals surface area contributed by atoms with Crippen molar-refractivity contribution in [2.24, 2.45) is 5.92 Å². The Balaban J connectivity index is 2.02. The molecule has 0 aliphatic carbocycles. The van der Waals surface area contributed by atoms with Gasteiger partial charge in [0.05, 0.1) is 0 Å². The van der Waals surface area contributed by atoms with Crippen LogP contribution in [0.5, 0.6) is 0 Å². The lowest BCUT2D eigenvalue weighted by atomic mass is 9.93. The predicted octanol–water partition coefficient (Wildman–Crippen LogP) is 2.30. The van der Waals surface area contributed by atoms with Gasteiger partial charge in [0, 0.05) is 19.0 Å². The summed E-state index contributed by atoms with van der Waals surface area (Å²) in [5.74, 6) is 0.645. The van der Waals surface area contributed by atoms with E-state index >= 15 is 0 Å². The van der Waals surface area contributed by atoms with Crippen LogP contribution in [0.2, 0.25) is 0 Å². The molecule has 19 heavy (non-hydrogen) atoms. The number of nitrogens with zero attached hydrogens (tertiary/aromatic N) is 3. The van der Waals surface area contributed by atoms with Gasteiger partial charge in [0.1, 0.15) is 5.78 Å². The number of halogens is 3. The van der Waals surface area contributed by atoms with Gasteiger partial charge in [-0.1, -0.05) is 0 Å². The van der Waals surface area contributed by atoms with E-state index in [4.69, 9.17) is 0 Å². The maximum atomic E-state index is 12.3. The molecule has 0 atom stereocenters. The number of alkyl halides is 3. The average Bonchev–Trinajstić information content (AvgIpc) is 2.38. The molecule has 4 nitrogen and oxygen atoms in total. The Labute approximate surface area is 108 Å². The highest BCUT2D eigenvalue weighted by atomic mass is 19.4. The summed E-state index contributed by atoms with van der Waals surface area (Å²) in [5.41, 5.74) is -0.991. The first-order valence-electron chi connectivity index (χ1n) is 6.04. The van der Waals surface area contributed by atoms with Crippen LogP contribution in [-0.2, 0) is 11.0 Å². The van der Waals surface area contributed by atoms with Gasteiger partial charge in [-0.15, -0.1) is 10.2 Å². The number of hydrogen-bond acceptors (Lipinski definition) is 4. The third-order valence-corrected chi connectivity index (χ3v) is 3.33. The summed E-state index contributed by atoms with van der Waals surface area (Å²) in [4.78, 5) is 13.1. The second-order valence-corrected chi connectivity index (χ2v) is 4.65. The highest BCUT2D eigenvalue weighted by molar-refractivity contribution is 5.78. The number of aromatic nitrogens is 2. The molecule has 7 heteroatoms. The van der Waals surface area contributed by atoms with Crippen molar-refractivity contribution in [3.05, 3.63) is 17.8 Å². The highest BCUT2D eigenvalue weighted by Crippen LogP contribution is 2.28. The number of Topliss-reactive ketones (excluding diaryl/α,β-unsaturated/α-hetero) is 1. The van der Waals surface area contributed by atoms with E-state index in [-0.39, 0.29) is 11.7 Å². The third-order valence-electron chi connectivity index (χ3n) is 3.33. The molecule has 104 valence electrons. The van der Waals surface area contributed by atoms with Crippen molar-refractivity contribution < 1.29 is 18.0 Å². The zero-order valence-electron chi connectivity index (χ0n) is 10.4. The van der Waals surface area contributed by atoms with E-state index in [0.29, 0.717) is 31.7 Å². The Bertz CT molecular complexity index is 450. The van der Waals surface area contributed by atoms with E-state index in [0.717, 1.165) is 6.07 Å². The van der Waals surface area contributed by atoms with Crippen molar-refractivity contribution >= 4 is 11.6 Å². The maximum absolute atomic E-state index is 12.3. The summed E-state index contributed by atoms with van der Waals surface area (Å²) in [6, 6.07) is 2.25. The molecule has 1 aliphatic heterocycles. The Morgan fingerprint density at radius 2 is 1.89 bits per heavy atom. The molecule has 1 aromatic rings. The first kappa shape index (κ1) is 13.8. The van der Waals surface area contributed by atoms with E-state index < -0.39 is 11.9 Å². The number of rotatable bonds is 2. The number of piperidine rings is 1. The maximum Gasteiger partial charge on any atom is 0.435 e. The quantitative estimate of drug-likeness (QED) is 0.829. The topological polar surface area (TPSA) is 46.1 Å². The fraction of sp³-hybridized carbons (Fsp3) is 0.583. The highest BCUT2D eigenvalue weighted by Gasteiger charge is 2.33. The van der Waals surface area contributed by atoms with Gasteiger partial charge in [-0.3, -0.25) is 4.79 Å². The van der Waals surface area contributed by atoms with Crippen LogP contribution in [0.1, 0.15) is 25.5 Å². The fourth-order valence-electron chi connectivity index (χ4n) is 2.16. The second kappa shape index (κ2) is 5.14. The van der Waals surface area contributed by atoms with Crippen molar-refractivity contribution in [1.29, 1.82) is 0 Å². The van der Waals surface area contributed by atoms with Gasteiger partial charge in [-0.05, 0) is 31.9 Å². The summed E-state index contributed by atoms with van der Waals surface area (Å²) < 4.78 is 37.0. The molecule has 1 aromatic heterocycles. The molecule has 1 saturated heterocycles. The zero-order chi connectivity index (χ0) is 14.0. The molecule has 0 aromatic carbocycles. The molecule has 0 saturated carbocycles. The minimum Gasteiger partial charge on any atom is -0.355 e. The van der Waals surface area contributed by atoms with Crippen molar-refractivity contribution in [3.8, 4) is 0 Å². The largest absolute Gasteiger partial charge is 0.435 e. The van der Waals surface area contributed by atoms with Crippen LogP contribution in [0.25, 0.3) is 0 Å². The molecule has 0 spiro atoms. The molecule has 0 N–H and O–H groups in total. The number of hydrogen-bond donors (Lipinski definition) is 0. The van der Waals surface area contributed by atoms with Crippen molar-refractivity contribution in [2.75, 3.05) is 18.0 Å². The molecule has 1 aliphatic rings. The smallest absolute Gasteiger partial charge is 0.355 e. The van der Waals surface area contributed by atoms with Crippen LogP contribution < -0.4 is 4.90 Å². The van der Waals surface area contributed by atoms with Gasteiger partial charge >= 0.3 is 6.18 Å². The SMILES string of the molecule is CC(=O)C1CCN(c2ccc(C(F)(F)F)nn2)CC1. The molecular formula is C12H14F3N3O. The lowest BCUT2D eigenvalue weighted by Gasteiger charge is -2.31. The number of carbonyl (C=O) groups excluding carboxylic acids is 1. The Morgan fingerprint density at radius 1 is 1.26 bits per heavy atom. The average molecular weight is 273 g/mol. The zero-order valence-corrected chi connectivity index (χ0v) is 10.4. The first-order chi connectivity index (χ1) is 8.88. The van der Waals surface area contributed by atoms with Crippen molar-refractivity contribution in [3.63, 3.8) is 0 Å². The molecule has 0 unspecified atom stereocenters. The minimum absolute atomic E-state index is 0.0543. The Kier molecular flexibility index (Phi) is 3.73. The van der Waals surface area contributed by atoms with Crippen LogP contribution in [0, 0.1) is 5.92 Å². The lowest BCUT2D eigenvalue weighted by molar-refractivity contribution is -0.141. The number of carbonyl (C=O) groups is 1. The fourth-order valence-corrected chi connectivity index (χ4v) is 2.16. The van der Waals surface area contributed by atoms with Crippen LogP contribution in [0.15, 0.2) is 12.1 Å². The standard InChI is InChI=1S/C12H14F3N3O/c1-8(19)9-4-6-18(7-5-9)11-3-2-10(16-17-11)12(13,14)15/h2-3,9H,4-7H2,1H3. The first-order valence-corrected chi connectivity index (χ1v) is 6.04. The molecule has 0 bridgehead atoms. The van der Waals surface area contributed by atoms with E-state index in [1.165, 1.54) is 6.07 Å². The monoisotopic (exact) mass is 273 g/mol. The van der Waals surface area contributed by atoms with Crippen molar-refractivity contribution in [1.82, 2.24) is 10.2 Å². The molecule has 2 rings (SSSR count). The lowest BCUT2D eigenvalue weighted by Crippen LogP contribution is -2.36. The van der Waals surface area contributed by atoms with Crippen LogP contribution in [0.4, 0.5) is 19.0 Å². The van der Waals surface area contributed by atoms with Crippen LogP contribution in [0.3, 0.4) is 0 Å². The van der Waals surface area contributed by atoms with Gasteiger partial charge < -0.3 is 4.90 Å². The predicted molar refractivity (Wildman–Crippen MR) is 62.7 cm³/mol. The van der Waals surface area contributed by atoms with Gasteiger partial charge in [0.15, 0.2) is 11.5 Å². The third kappa shape index (κ3) is 3.21. The molecule has 0 radical (unpaired) electrons. The number of anilines is 1. The summed E-state index contributed by atoms with van der Waals surface area (Å²) in [5, 5.41) is 6.81. The van der Waals surface area contributed by atoms with Gasteiger partial charge in [-0.25, -0.2) is 0 Å². The molecule has 1 fully saturated rings. The Hall–Kier alpha value is -1.66. The van der Waals surface area contributed by atoms with E-state index in [2.05, 4.69) is 10.2 Å². The molecular weight excluding hydrogens is 259 g/mol. The molecule has 0 amide bonds. The summed E-state index contributed by atoms with van der Waals surface area (Å²) >= 11 is 0.